The van der Waals surface area contributed by atoms with Crippen LogP contribution in [0.1, 0.15) is 32.8 Å². The minimum atomic E-state index is 0. The summed E-state index contributed by atoms with van der Waals surface area (Å²) < 4.78 is 5.69. The Morgan fingerprint density at radius 2 is 1.77 bits per heavy atom. The highest BCUT2D eigenvalue weighted by molar-refractivity contribution is 14.0. The molecule has 0 aliphatic rings. The molecule has 0 heterocycles. The highest BCUT2D eigenvalue weighted by Gasteiger charge is 2.08. The Morgan fingerprint density at radius 1 is 1.12 bits per heavy atom. The number of hydrogen-bond acceptors (Lipinski definition) is 3. The molecular formula is C19H33IN4O2. The van der Waals surface area contributed by atoms with Crippen molar-refractivity contribution in [3.05, 3.63) is 29.8 Å². The zero-order valence-corrected chi connectivity index (χ0v) is 18.7. The molecule has 0 saturated heterocycles. The van der Waals surface area contributed by atoms with Crippen LogP contribution in [0.2, 0.25) is 0 Å². The van der Waals surface area contributed by atoms with Gasteiger partial charge in [-0.05, 0) is 39.8 Å². The van der Waals surface area contributed by atoms with Crippen LogP contribution in [0.3, 0.4) is 0 Å². The normalized spacial score (nSPS) is 10.7. The molecule has 0 aliphatic heterocycles. The van der Waals surface area contributed by atoms with Gasteiger partial charge in [-0.3, -0.25) is 9.79 Å². The first-order chi connectivity index (χ1) is 12.1. The molecule has 0 saturated carbocycles. The molecule has 1 amide bonds. The fourth-order valence-corrected chi connectivity index (χ4v) is 2.31. The van der Waals surface area contributed by atoms with Crippen LogP contribution in [0, 0.1) is 6.92 Å². The number of hydrogen-bond donors (Lipinski definition) is 2. The number of carbonyl (C=O) groups is 1. The summed E-state index contributed by atoms with van der Waals surface area (Å²) in [6, 6.07) is 7.99. The maximum atomic E-state index is 12.0. The van der Waals surface area contributed by atoms with E-state index in [1.165, 1.54) is 5.56 Å². The SMILES string of the molecule is CCNC(=NCCC(=O)N(CC)CC)NCCOc1ccc(C)cc1.I. The molecule has 148 valence electrons. The molecule has 0 spiro atoms. The van der Waals surface area contributed by atoms with Crippen molar-refractivity contribution in [3.63, 3.8) is 0 Å². The van der Waals surface area contributed by atoms with Gasteiger partial charge in [-0.1, -0.05) is 17.7 Å². The Bertz CT molecular complexity index is 531. The molecule has 2 N–H and O–H groups in total. The lowest BCUT2D eigenvalue weighted by Gasteiger charge is -2.18. The minimum absolute atomic E-state index is 0. The van der Waals surface area contributed by atoms with Crippen LogP contribution < -0.4 is 15.4 Å². The first-order valence-electron chi connectivity index (χ1n) is 9.10. The molecule has 1 rings (SSSR count). The quantitative estimate of drug-likeness (QED) is 0.236. The number of nitrogens with one attached hydrogen (secondary N) is 2. The fourth-order valence-electron chi connectivity index (χ4n) is 2.31. The first kappa shape index (κ1) is 24.5. The minimum Gasteiger partial charge on any atom is -0.492 e. The molecule has 7 heteroatoms. The summed E-state index contributed by atoms with van der Waals surface area (Å²) >= 11 is 0. The van der Waals surface area contributed by atoms with E-state index in [1.54, 1.807) is 0 Å². The van der Waals surface area contributed by atoms with Gasteiger partial charge in [0.15, 0.2) is 5.96 Å². The van der Waals surface area contributed by atoms with E-state index in [0.717, 1.165) is 25.4 Å². The van der Waals surface area contributed by atoms with Crippen LogP contribution in [0.5, 0.6) is 5.75 Å². The molecular weight excluding hydrogens is 443 g/mol. The molecule has 0 bridgehead atoms. The number of nitrogens with zero attached hydrogens (tertiary/aromatic N) is 2. The second kappa shape index (κ2) is 14.6. The molecule has 0 aromatic heterocycles. The molecule has 0 radical (unpaired) electrons. The van der Waals surface area contributed by atoms with Gasteiger partial charge >= 0.3 is 0 Å². The van der Waals surface area contributed by atoms with Crippen molar-refractivity contribution in [2.75, 3.05) is 39.3 Å². The van der Waals surface area contributed by atoms with Crippen LogP contribution in [0.15, 0.2) is 29.3 Å². The molecule has 0 aliphatic carbocycles. The van der Waals surface area contributed by atoms with E-state index in [2.05, 4.69) is 22.5 Å². The van der Waals surface area contributed by atoms with Gasteiger partial charge in [0.25, 0.3) is 0 Å². The van der Waals surface area contributed by atoms with Crippen molar-refractivity contribution in [1.82, 2.24) is 15.5 Å². The van der Waals surface area contributed by atoms with E-state index in [4.69, 9.17) is 4.74 Å². The van der Waals surface area contributed by atoms with Crippen molar-refractivity contribution < 1.29 is 9.53 Å². The van der Waals surface area contributed by atoms with Crippen LogP contribution in [-0.4, -0.2) is 56.1 Å². The van der Waals surface area contributed by atoms with Crippen LogP contribution in [-0.2, 0) is 4.79 Å². The van der Waals surface area contributed by atoms with E-state index in [1.807, 2.05) is 49.9 Å². The lowest BCUT2D eigenvalue weighted by atomic mass is 10.2. The molecule has 1 aromatic rings. The van der Waals surface area contributed by atoms with Crippen molar-refractivity contribution in [1.29, 1.82) is 0 Å². The standard InChI is InChI=1S/C19H32N4O2.HI/c1-5-20-19(21-13-12-18(24)23(6-2)7-3)22-14-15-25-17-10-8-16(4)9-11-17;/h8-11H,5-7,12-15H2,1-4H3,(H2,20,21,22);1H. The number of aryl methyl sites for hydroxylation is 1. The van der Waals surface area contributed by atoms with Crippen molar-refractivity contribution in [3.8, 4) is 5.75 Å². The first-order valence-corrected chi connectivity index (χ1v) is 9.10. The monoisotopic (exact) mass is 476 g/mol. The van der Waals surface area contributed by atoms with Gasteiger partial charge in [0, 0.05) is 26.1 Å². The summed E-state index contributed by atoms with van der Waals surface area (Å²) in [5.41, 5.74) is 1.21. The van der Waals surface area contributed by atoms with Gasteiger partial charge in [0.1, 0.15) is 12.4 Å². The van der Waals surface area contributed by atoms with Gasteiger partial charge in [-0.2, -0.15) is 0 Å². The van der Waals surface area contributed by atoms with Gasteiger partial charge < -0.3 is 20.3 Å². The Kier molecular flexibility index (Phi) is 13.8. The maximum Gasteiger partial charge on any atom is 0.224 e. The van der Waals surface area contributed by atoms with Crippen LogP contribution in [0.4, 0.5) is 0 Å². The highest BCUT2D eigenvalue weighted by Crippen LogP contribution is 2.10. The van der Waals surface area contributed by atoms with E-state index >= 15 is 0 Å². The fraction of sp³-hybridized carbons (Fsp3) is 0.579. The third kappa shape index (κ3) is 9.84. The number of rotatable bonds is 10. The Hall–Kier alpha value is -1.51. The highest BCUT2D eigenvalue weighted by atomic mass is 127. The van der Waals surface area contributed by atoms with Crippen molar-refractivity contribution >= 4 is 35.8 Å². The predicted molar refractivity (Wildman–Crippen MR) is 119 cm³/mol. The molecule has 6 nitrogen and oxygen atoms in total. The summed E-state index contributed by atoms with van der Waals surface area (Å²) in [4.78, 5) is 18.3. The molecule has 0 atom stereocenters. The van der Waals surface area contributed by atoms with Gasteiger partial charge in [0.2, 0.25) is 5.91 Å². The number of halogens is 1. The Morgan fingerprint density at radius 3 is 2.35 bits per heavy atom. The van der Waals surface area contributed by atoms with Crippen LogP contribution in [0.25, 0.3) is 0 Å². The summed E-state index contributed by atoms with van der Waals surface area (Å²) in [5, 5.41) is 6.40. The van der Waals surface area contributed by atoms with Gasteiger partial charge in [0.05, 0.1) is 13.1 Å². The largest absolute Gasteiger partial charge is 0.492 e. The summed E-state index contributed by atoms with van der Waals surface area (Å²) in [6.45, 7) is 12.0. The number of ether oxygens (including phenoxy) is 1. The van der Waals surface area contributed by atoms with E-state index in [9.17, 15) is 4.79 Å². The smallest absolute Gasteiger partial charge is 0.224 e. The Balaban J connectivity index is 0.00000625. The molecule has 26 heavy (non-hydrogen) atoms. The topological polar surface area (TPSA) is 66.0 Å². The van der Waals surface area contributed by atoms with Gasteiger partial charge in [-0.15, -0.1) is 24.0 Å². The maximum absolute atomic E-state index is 12.0. The van der Waals surface area contributed by atoms with Crippen molar-refractivity contribution in [2.24, 2.45) is 4.99 Å². The number of benzene rings is 1. The molecule has 0 fully saturated rings. The lowest BCUT2D eigenvalue weighted by Crippen LogP contribution is -2.39. The van der Waals surface area contributed by atoms with Crippen LogP contribution >= 0.6 is 24.0 Å². The number of guanidine groups is 1. The zero-order valence-electron chi connectivity index (χ0n) is 16.4. The molecule has 1 aromatic carbocycles. The predicted octanol–water partition coefficient (Wildman–Crippen LogP) is 2.81. The second-order valence-electron chi connectivity index (χ2n) is 5.66. The summed E-state index contributed by atoms with van der Waals surface area (Å²) in [7, 11) is 0. The van der Waals surface area contributed by atoms with E-state index in [0.29, 0.717) is 32.1 Å². The number of amides is 1. The third-order valence-corrected chi connectivity index (χ3v) is 3.74. The molecule has 0 unspecified atom stereocenters. The second-order valence-corrected chi connectivity index (χ2v) is 5.66. The van der Waals surface area contributed by atoms with Gasteiger partial charge in [-0.25, -0.2) is 0 Å². The third-order valence-electron chi connectivity index (χ3n) is 3.74. The van der Waals surface area contributed by atoms with E-state index in [-0.39, 0.29) is 29.9 Å². The summed E-state index contributed by atoms with van der Waals surface area (Å²) in [6.07, 6.45) is 0.429. The Labute approximate surface area is 174 Å². The average Bonchev–Trinajstić information content (AvgIpc) is 2.61. The number of carbonyl (C=O) groups excluding carboxylic acids is 1. The summed E-state index contributed by atoms with van der Waals surface area (Å²) in [5.74, 6) is 1.72. The van der Waals surface area contributed by atoms with Crippen molar-refractivity contribution in [2.45, 2.75) is 34.1 Å². The zero-order chi connectivity index (χ0) is 18.5. The average molecular weight is 476 g/mol. The van der Waals surface area contributed by atoms with E-state index < -0.39 is 0 Å². The number of aliphatic imine (C=N–C) groups is 1. The lowest BCUT2D eigenvalue weighted by molar-refractivity contribution is -0.130.